The Hall–Kier alpha value is -2.07. The zero-order valence-corrected chi connectivity index (χ0v) is 18.4. The van der Waals surface area contributed by atoms with E-state index in [1.807, 2.05) is 35.7 Å². The Morgan fingerprint density at radius 3 is 2.69 bits per heavy atom. The number of esters is 1. The molecule has 0 bridgehead atoms. The van der Waals surface area contributed by atoms with Crippen LogP contribution >= 0.6 is 27.3 Å². The number of carbonyl (C=O) groups excluding carboxylic acids is 1. The summed E-state index contributed by atoms with van der Waals surface area (Å²) < 4.78 is 33.2. The minimum absolute atomic E-state index is 0.00586. The summed E-state index contributed by atoms with van der Waals surface area (Å²) in [7, 11) is -3.65. The van der Waals surface area contributed by atoms with Gasteiger partial charge in [0.05, 0.1) is 16.2 Å². The van der Waals surface area contributed by atoms with Crippen molar-refractivity contribution in [1.29, 1.82) is 0 Å². The fraction of sp³-hybridized carbons (Fsp3) is 0.200. The van der Waals surface area contributed by atoms with E-state index in [-0.39, 0.29) is 23.1 Å². The van der Waals surface area contributed by atoms with Crippen molar-refractivity contribution >= 4 is 43.3 Å². The van der Waals surface area contributed by atoms with Crippen molar-refractivity contribution in [3.8, 4) is 10.6 Å². The van der Waals surface area contributed by atoms with Gasteiger partial charge in [0, 0.05) is 21.5 Å². The number of sulfonamides is 1. The zero-order chi connectivity index (χ0) is 20.4. The monoisotopic (exact) mass is 492 g/mol. The minimum atomic E-state index is -3.65. The van der Waals surface area contributed by atoms with Crippen LogP contribution in [0.5, 0.6) is 0 Å². The van der Waals surface area contributed by atoms with Crippen LogP contribution in [-0.2, 0) is 21.4 Å². The van der Waals surface area contributed by atoms with Gasteiger partial charge in [-0.05, 0) is 47.0 Å². The lowest BCUT2D eigenvalue weighted by Crippen LogP contribution is -2.26. The van der Waals surface area contributed by atoms with E-state index in [0.29, 0.717) is 10.2 Å². The zero-order valence-electron chi connectivity index (χ0n) is 15.2. The Morgan fingerprint density at radius 2 is 1.97 bits per heavy atom. The molecule has 1 aliphatic rings. The predicted molar refractivity (Wildman–Crippen MR) is 114 cm³/mol. The van der Waals surface area contributed by atoms with Crippen LogP contribution in [0.15, 0.2) is 63.3 Å². The van der Waals surface area contributed by atoms with Gasteiger partial charge < -0.3 is 4.74 Å². The highest BCUT2D eigenvalue weighted by Gasteiger charge is 2.28. The summed E-state index contributed by atoms with van der Waals surface area (Å²) in [5.41, 5.74) is 1.79. The smallest absolute Gasteiger partial charge is 0.339 e. The number of aromatic nitrogens is 1. The number of hydrogen-bond acceptors (Lipinski definition) is 6. The van der Waals surface area contributed by atoms with Crippen LogP contribution in [0.1, 0.15) is 28.9 Å². The molecule has 1 N–H and O–H groups in total. The number of carbonyl (C=O) groups is 1. The highest BCUT2D eigenvalue weighted by molar-refractivity contribution is 9.10. The molecule has 1 heterocycles. The van der Waals surface area contributed by atoms with Gasteiger partial charge in [0.1, 0.15) is 11.6 Å². The Bertz CT molecular complexity index is 1140. The lowest BCUT2D eigenvalue weighted by Gasteiger charge is -2.09. The SMILES string of the molecule is O=C(OCc1csc(-c2ccccc2)n1)c1cc(S(=O)(=O)NC2CC2)ccc1Br. The van der Waals surface area contributed by atoms with Crippen molar-refractivity contribution in [3.05, 3.63) is 69.6 Å². The minimum Gasteiger partial charge on any atom is -0.456 e. The molecular weight excluding hydrogens is 476 g/mol. The van der Waals surface area contributed by atoms with Gasteiger partial charge in [-0.1, -0.05) is 30.3 Å². The summed E-state index contributed by atoms with van der Waals surface area (Å²) in [6.07, 6.45) is 1.67. The lowest BCUT2D eigenvalue weighted by molar-refractivity contribution is 0.0467. The first-order chi connectivity index (χ1) is 13.9. The predicted octanol–water partition coefficient (Wildman–Crippen LogP) is 4.37. The van der Waals surface area contributed by atoms with E-state index in [2.05, 4.69) is 25.6 Å². The molecule has 150 valence electrons. The van der Waals surface area contributed by atoms with Gasteiger partial charge in [-0.25, -0.2) is 22.9 Å². The highest BCUT2D eigenvalue weighted by Crippen LogP contribution is 2.26. The Balaban J connectivity index is 1.46. The molecule has 0 amide bonds. The topological polar surface area (TPSA) is 85.4 Å². The first kappa shape index (κ1) is 20.2. The molecule has 2 aromatic carbocycles. The Kier molecular flexibility index (Phi) is 5.82. The average Bonchev–Trinajstić information content (AvgIpc) is 3.39. The molecule has 0 aliphatic heterocycles. The molecule has 0 atom stereocenters. The second kappa shape index (κ2) is 8.35. The van der Waals surface area contributed by atoms with Crippen molar-refractivity contribution in [2.75, 3.05) is 0 Å². The van der Waals surface area contributed by atoms with E-state index < -0.39 is 16.0 Å². The van der Waals surface area contributed by atoms with E-state index in [4.69, 9.17) is 4.74 Å². The van der Waals surface area contributed by atoms with E-state index >= 15 is 0 Å². The molecule has 1 fully saturated rings. The molecule has 9 heteroatoms. The van der Waals surface area contributed by atoms with Crippen molar-refractivity contribution < 1.29 is 17.9 Å². The molecule has 1 saturated carbocycles. The second-order valence-corrected chi connectivity index (χ2v) is 10.0. The molecule has 29 heavy (non-hydrogen) atoms. The Labute approximate surface area is 181 Å². The molecule has 1 aromatic heterocycles. The molecule has 0 unspecified atom stereocenters. The first-order valence-electron chi connectivity index (χ1n) is 8.91. The van der Waals surface area contributed by atoms with Gasteiger partial charge >= 0.3 is 5.97 Å². The van der Waals surface area contributed by atoms with Crippen LogP contribution in [0, 0.1) is 0 Å². The van der Waals surface area contributed by atoms with Gasteiger partial charge in [-0.3, -0.25) is 0 Å². The fourth-order valence-corrected chi connectivity index (χ4v) is 5.17. The van der Waals surface area contributed by atoms with Crippen molar-refractivity contribution in [3.63, 3.8) is 0 Å². The molecule has 0 spiro atoms. The number of thiazole rings is 1. The van der Waals surface area contributed by atoms with Gasteiger partial charge in [-0.2, -0.15) is 0 Å². The molecule has 4 rings (SSSR count). The number of benzene rings is 2. The van der Waals surface area contributed by atoms with Gasteiger partial charge in [0.2, 0.25) is 10.0 Å². The maximum Gasteiger partial charge on any atom is 0.339 e. The normalized spacial score (nSPS) is 14.0. The highest BCUT2D eigenvalue weighted by atomic mass is 79.9. The number of rotatable bonds is 7. The first-order valence-corrected chi connectivity index (χ1v) is 12.1. The number of halogens is 1. The number of nitrogens with one attached hydrogen (secondary N) is 1. The summed E-state index contributed by atoms with van der Waals surface area (Å²) in [6.45, 7) is 0.00586. The molecule has 0 saturated heterocycles. The van der Waals surface area contributed by atoms with Crippen LogP contribution in [0.25, 0.3) is 10.6 Å². The Morgan fingerprint density at radius 1 is 1.21 bits per heavy atom. The number of hydrogen-bond donors (Lipinski definition) is 1. The van der Waals surface area contributed by atoms with Crippen molar-refractivity contribution in [2.24, 2.45) is 0 Å². The van der Waals surface area contributed by atoms with Gasteiger partial charge in [0.25, 0.3) is 0 Å². The summed E-state index contributed by atoms with van der Waals surface area (Å²) in [4.78, 5) is 17.1. The summed E-state index contributed by atoms with van der Waals surface area (Å²) in [5.74, 6) is -0.616. The standard InChI is InChI=1S/C20H17BrN2O4S2/c21-18-9-8-16(29(25,26)23-14-6-7-14)10-17(18)20(24)27-11-15-12-28-19(22-15)13-4-2-1-3-5-13/h1-5,8-10,12,14,23H,6-7,11H2. The maximum absolute atomic E-state index is 12.5. The molecule has 1 aliphatic carbocycles. The third-order valence-electron chi connectivity index (χ3n) is 4.29. The molecular formula is C20H17BrN2O4S2. The van der Waals surface area contributed by atoms with E-state index in [0.717, 1.165) is 23.4 Å². The fourth-order valence-electron chi connectivity index (χ4n) is 2.62. The number of nitrogens with zero attached hydrogens (tertiary/aromatic N) is 1. The third kappa shape index (κ3) is 4.92. The van der Waals surface area contributed by atoms with Crippen LogP contribution in [0.3, 0.4) is 0 Å². The van der Waals surface area contributed by atoms with Crippen LogP contribution < -0.4 is 4.72 Å². The quantitative estimate of drug-likeness (QED) is 0.494. The third-order valence-corrected chi connectivity index (χ3v) is 7.44. The van der Waals surface area contributed by atoms with Crippen molar-refractivity contribution in [1.82, 2.24) is 9.71 Å². The van der Waals surface area contributed by atoms with Crippen LogP contribution in [-0.4, -0.2) is 25.4 Å². The second-order valence-electron chi connectivity index (χ2n) is 6.62. The summed E-state index contributed by atoms with van der Waals surface area (Å²) in [5, 5.41) is 2.68. The molecule has 3 aromatic rings. The van der Waals surface area contributed by atoms with Crippen LogP contribution in [0.2, 0.25) is 0 Å². The van der Waals surface area contributed by atoms with E-state index in [1.54, 1.807) is 0 Å². The summed E-state index contributed by atoms with van der Waals surface area (Å²) >= 11 is 4.76. The largest absolute Gasteiger partial charge is 0.456 e. The molecule has 6 nitrogen and oxygen atoms in total. The summed E-state index contributed by atoms with van der Waals surface area (Å²) in [6, 6.07) is 14.1. The van der Waals surface area contributed by atoms with Gasteiger partial charge in [-0.15, -0.1) is 11.3 Å². The van der Waals surface area contributed by atoms with E-state index in [9.17, 15) is 13.2 Å². The average molecular weight is 493 g/mol. The maximum atomic E-state index is 12.5. The lowest BCUT2D eigenvalue weighted by atomic mass is 10.2. The van der Waals surface area contributed by atoms with E-state index in [1.165, 1.54) is 29.5 Å². The molecule has 0 radical (unpaired) electrons. The van der Waals surface area contributed by atoms with Gasteiger partial charge in [0.15, 0.2) is 0 Å². The number of ether oxygens (including phenoxy) is 1. The van der Waals surface area contributed by atoms with Crippen LogP contribution in [0.4, 0.5) is 0 Å². The van der Waals surface area contributed by atoms with Crippen molar-refractivity contribution in [2.45, 2.75) is 30.4 Å².